The molecule has 0 aromatic carbocycles. The van der Waals surface area contributed by atoms with Crippen LogP contribution >= 0.6 is 0 Å². The Morgan fingerprint density at radius 1 is 1.19 bits per heavy atom. The molecule has 1 fully saturated rings. The maximum Gasteiger partial charge on any atom is 0.152 e. The van der Waals surface area contributed by atoms with Crippen LogP contribution in [0.2, 0.25) is 0 Å². The van der Waals surface area contributed by atoms with E-state index < -0.39 is 0 Å². The van der Waals surface area contributed by atoms with E-state index in [0.29, 0.717) is 0 Å². The van der Waals surface area contributed by atoms with Gasteiger partial charge in [-0.1, -0.05) is 0 Å². The Hall–Kier alpha value is -1.29. The summed E-state index contributed by atoms with van der Waals surface area (Å²) in [5.74, 6) is 0.954. The van der Waals surface area contributed by atoms with Crippen LogP contribution in [-0.2, 0) is 0 Å². The van der Waals surface area contributed by atoms with Crippen molar-refractivity contribution in [2.24, 2.45) is 0 Å². The first-order chi connectivity index (χ1) is 7.66. The number of nitrogen functional groups attached to an aromatic ring is 1. The van der Waals surface area contributed by atoms with Crippen molar-refractivity contribution < 1.29 is 0 Å². The van der Waals surface area contributed by atoms with Gasteiger partial charge in [-0.25, -0.2) is 4.98 Å². The normalized spacial score (nSPS) is 18.5. The zero-order valence-electron chi connectivity index (χ0n) is 10.1. The molecular formula is C12H20N4. The van der Waals surface area contributed by atoms with Crippen LogP contribution in [0.5, 0.6) is 0 Å². The monoisotopic (exact) mass is 220 g/mol. The Morgan fingerprint density at radius 3 is 2.81 bits per heavy atom. The lowest BCUT2D eigenvalue weighted by Crippen LogP contribution is -2.30. The topological polar surface area (TPSA) is 45.4 Å². The predicted octanol–water partition coefficient (Wildman–Crippen LogP) is 1.11. The molecule has 0 amide bonds. The standard InChI is InChI=1S/C12H20N4/c1-10-4-5-11(13)12(14-10)16-7-3-6-15(2)8-9-16/h4-5H,3,6-9,13H2,1-2H3. The van der Waals surface area contributed by atoms with Gasteiger partial charge in [-0.3, -0.25) is 0 Å². The van der Waals surface area contributed by atoms with Gasteiger partial charge in [-0.15, -0.1) is 0 Å². The molecule has 4 heteroatoms. The van der Waals surface area contributed by atoms with Crippen LogP contribution in [0.15, 0.2) is 12.1 Å². The zero-order valence-corrected chi connectivity index (χ0v) is 10.1. The minimum absolute atomic E-state index is 0.787. The Kier molecular flexibility index (Phi) is 3.29. The molecule has 0 atom stereocenters. The Labute approximate surface area is 97.1 Å². The molecular weight excluding hydrogens is 200 g/mol. The van der Waals surface area contributed by atoms with Gasteiger partial charge >= 0.3 is 0 Å². The Morgan fingerprint density at radius 2 is 2.00 bits per heavy atom. The molecule has 1 saturated heterocycles. The van der Waals surface area contributed by atoms with Crippen molar-refractivity contribution in [3.05, 3.63) is 17.8 Å². The molecule has 0 saturated carbocycles. The van der Waals surface area contributed by atoms with Crippen LogP contribution in [0, 0.1) is 6.92 Å². The van der Waals surface area contributed by atoms with Gasteiger partial charge in [0.05, 0.1) is 5.69 Å². The molecule has 1 aliphatic heterocycles. The average molecular weight is 220 g/mol. The highest BCUT2D eigenvalue weighted by atomic mass is 15.2. The van der Waals surface area contributed by atoms with E-state index in [1.54, 1.807) is 0 Å². The lowest BCUT2D eigenvalue weighted by atomic mass is 10.3. The van der Waals surface area contributed by atoms with E-state index in [4.69, 9.17) is 5.73 Å². The van der Waals surface area contributed by atoms with E-state index in [0.717, 1.165) is 43.4 Å². The second-order valence-electron chi connectivity index (χ2n) is 4.51. The van der Waals surface area contributed by atoms with Crippen LogP contribution in [0.3, 0.4) is 0 Å². The number of rotatable bonds is 1. The number of nitrogens with two attached hydrogens (primary N) is 1. The molecule has 1 aliphatic rings. The Bertz CT molecular complexity index is 364. The number of anilines is 2. The summed E-state index contributed by atoms with van der Waals surface area (Å²) < 4.78 is 0. The smallest absolute Gasteiger partial charge is 0.152 e. The number of hydrogen-bond donors (Lipinski definition) is 1. The van der Waals surface area contributed by atoms with E-state index in [-0.39, 0.29) is 0 Å². The lowest BCUT2D eigenvalue weighted by Gasteiger charge is -2.23. The highest BCUT2D eigenvalue weighted by Gasteiger charge is 2.15. The molecule has 0 bridgehead atoms. The highest BCUT2D eigenvalue weighted by molar-refractivity contribution is 5.62. The quantitative estimate of drug-likeness (QED) is 0.770. The summed E-state index contributed by atoms with van der Waals surface area (Å²) >= 11 is 0. The third-order valence-corrected chi connectivity index (χ3v) is 3.06. The number of aryl methyl sites for hydroxylation is 1. The molecule has 2 N–H and O–H groups in total. The summed E-state index contributed by atoms with van der Waals surface area (Å²) in [5.41, 5.74) is 7.80. The summed E-state index contributed by atoms with van der Waals surface area (Å²) in [5, 5.41) is 0. The number of pyridine rings is 1. The maximum absolute atomic E-state index is 5.99. The van der Waals surface area contributed by atoms with Gasteiger partial charge in [0.1, 0.15) is 0 Å². The average Bonchev–Trinajstić information content (AvgIpc) is 2.47. The van der Waals surface area contributed by atoms with E-state index >= 15 is 0 Å². The number of likely N-dealkylation sites (N-methyl/N-ethyl adjacent to an activating group) is 1. The van der Waals surface area contributed by atoms with Crippen LogP contribution in [-0.4, -0.2) is 43.1 Å². The van der Waals surface area contributed by atoms with Crippen molar-refractivity contribution in [1.82, 2.24) is 9.88 Å². The number of nitrogens with zero attached hydrogens (tertiary/aromatic N) is 3. The van der Waals surface area contributed by atoms with Crippen molar-refractivity contribution >= 4 is 11.5 Å². The molecule has 0 unspecified atom stereocenters. The molecule has 0 aliphatic carbocycles. The zero-order chi connectivity index (χ0) is 11.5. The Balaban J connectivity index is 2.19. The maximum atomic E-state index is 5.99. The van der Waals surface area contributed by atoms with Gasteiger partial charge in [-0.05, 0) is 39.1 Å². The minimum atomic E-state index is 0.787. The molecule has 1 aromatic heterocycles. The van der Waals surface area contributed by atoms with Crippen LogP contribution in [0.1, 0.15) is 12.1 Å². The first kappa shape index (κ1) is 11.2. The van der Waals surface area contributed by atoms with Gasteiger partial charge in [0.25, 0.3) is 0 Å². The molecule has 16 heavy (non-hydrogen) atoms. The van der Waals surface area contributed by atoms with Crippen molar-refractivity contribution in [3.63, 3.8) is 0 Å². The van der Waals surface area contributed by atoms with Gasteiger partial charge in [-0.2, -0.15) is 0 Å². The van der Waals surface area contributed by atoms with Crippen LogP contribution < -0.4 is 10.6 Å². The van der Waals surface area contributed by atoms with Crippen molar-refractivity contribution in [1.29, 1.82) is 0 Å². The summed E-state index contributed by atoms with van der Waals surface area (Å²) in [6.07, 6.45) is 1.17. The summed E-state index contributed by atoms with van der Waals surface area (Å²) in [7, 11) is 2.16. The molecule has 4 nitrogen and oxygen atoms in total. The van der Waals surface area contributed by atoms with Crippen LogP contribution in [0.25, 0.3) is 0 Å². The fourth-order valence-corrected chi connectivity index (χ4v) is 2.07. The molecule has 2 rings (SSSR count). The molecule has 88 valence electrons. The van der Waals surface area contributed by atoms with Crippen LogP contribution in [0.4, 0.5) is 11.5 Å². The SMILES string of the molecule is Cc1ccc(N)c(N2CCCN(C)CC2)n1. The predicted molar refractivity (Wildman–Crippen MR) is 67.7 cm³/mol. The van der Waals surface area contributed by atoms with Crippen molar-refractivity contribution in [2.75, 3.05) is 43.9 Å². The molecule has 0 radical (unpaired) electrons. The van der Waals surface area contributed by atoms with E-state index in [2.05, 4.69) is 21.8 Å². The van der Waals surface area contributed by atoms with E-state index in [1.807, 2.05) is 19.1 Å². The fourth-order valence-electron chi connectivity index (χ4n) is 2.07. The molecule has 1 aromatic rings. The van der Waals surface area contributed by atoms with Crippen molar-refractivity contribution in [2.45, 2.75) is 13.3 Å². The number of aromatic nitrogens is 1. The largest absolute Gasteiger partial charge is 0.396 e. The third kappa shape index (κ3) is 2.44. The summed E-state index contributed by atoms with van der Waals surface area (Å²) in [4.78, 5) is 9.20. The first-order valence-corrected chi connectivity index (χ1v) is 5.83. The van der Waals surface area contributed by atoms with E-state index in [9.17, 15) is 0 Å². The third-order valence-electron chi connectivity index (χ3n) is 3.06. The minimum Gasteiger partial charge on any atom is -0.396 e. The number of hydrogen-bond acceptors (Lipinski definition) is 4. The van der Waals surface area contributed by atoms with Gasteiger partial charge < -0.3 is 15.5 Å². The highest BCUT2D eigenvalue weighted by Crippen LogP contribution is 2.21. The van der Waals surface area contributed by atoms with Gasteiger partial charge in [0.15, 0.2) is 5.82 Å². The lowest BCUT2D eigenvalue weighted by molar-refractivity contribution is 0.360. The van der Waals surface area contributed by atoms with Gasteiger partial charge in [0.2, 0.25) is 0 Å². The first-order valence-electron chi connectivity index (χ1n) is 5.83. The van der Waals surface area contributed by atoms with E-state index in [1.165, 1.54) is 6.42 Å². The molecule has 0 spiro atoms. The van der Waals surface area contributed by atoms with Gasteiger partial charge in [0, 0.05) is 25.3 Å². The summed E-state index contributed by atoms with van der Waals surface area (Å²) in [6.45, 7) is 6.30. The van der Waals surface area contributed by atoms with Crippen molar-refractivity contribution in [3.8, 4) is 0 Å². The second kappa shape index (κ2) is 4.70. The fraction of sp³-hybridized carbons (Fsp3) is 0.583. The summed E-state index contributed by atoms with van der Waals surface area (Å²) in [6, 6.07) is 3.91. The second-order valence-corrected chi connectivity index (χ2v) is 4.51. The molecule has 2 heterocycles.